The van der Waals surface area contributed by atoms with Gasteiger partial charge in [0.1, 0.15) is 17.5 Å². The Morgan fingerprint density at radius 1 is 1.04 bits per heavy atom. The second-order valence-electron chi connectivity index (χ2n) is 6.71. The van der Waals surface area contributed by atoms with Gasteiger partial charge < -0.3 is 9.47 Å². The normalized spacial score (nSPS) is 14.5. The molecule has 6 nitrogen and oxygen atoms in total. The number of hydrogen-bond donors (Lipinski definition) is 0. The Bertz CT molecular complexity index is 1120. The van der Waals surface area contributed by atoms with E-state index in [4.69, 9.17) is 16.6 Å². The van der Waals surface area contributed by atoms with Gasteiger partial charge in [0, 0.05) is 44.3 Å². The first kappa shape index (κ1) is 16.2. The first-order chi connectivity index (χ1) is 13.2. The predicted octanol–water partition coefficient (Wildman–Crippen LogP) is 3.68. The van der Waals surface area contributed by atoms with Gasteiger partial charge in [0.25, 0.3) is 0 Å². The number of imidazole rings is 1. The fourth-order valence-corrected chi connectivity index (χ4v) is 3.70. The van der Waals surface area contributed by atoms with Crippen molar-refractivity contribution in [3.63, 3.8) is 0 Å². The molecule has 134 valence electrons. The highest BCUT2D eigenvalue weighted by Crippen LogP contribution is 2.34. The minimum atomic E-state index is 0.336. The third kappa shape index (κ3) is 2.73. The van der Waals surface area contributed by atoms with Gasteiger partial charge in [-0.3, -0.25) is 0 Å². The summed E-state index contributed by atoms with van der Waals surface area (Å²) in [5, 5.41) is 0.598. The summed E-state index contributed by atoms with van der Waals surface area (Å²) in [5.41, 5.74) is 2.92. The average Bonchev–Trinajstić information content (AvgIpc) is 3.00. The van der Waals surface area contributed by atoms with Crippen LogP contribution in [0.4, 0.5) is 5.82 Å². The number of anilines is 1. The standard InChI is InChI=1S/C20H17ClN6/c1-26-17-6-3-2-5-16(17)25-20(26)14-9-18(24-10-15(14)21)27-11-13(12-27)19-22-7-4-8-23-19/h2-10,13H,11-12H2,1H3. The Kier molecular flexibility index (Phi) is 3.79. The van der Waals surface area contributed by atoms with E-state index in [-0.39, 0.29) is 0 Å². The van der Waals surface area contributed by atoms with Crippen LogP contribution in [0.5, 0.6) is 0 Å². The molecule has 7 heteroatoms. The van der Waals surface area contributed by atoms with E-state index in [0.717, 1.165) is 47.2 Å². The molecule has 0 amide bonds. The van der Waals surface area contributed by atoms with Crippen LogP contribution in [0, 0.1) is 0 Å². The van der Waals surface area contributed by atoms with Crippen LogP contribution in [-0.4, -0.2) is 37.6 Å². The van der Waals surface area contributed by atoms with Crippen LogP contribution < -0.4 is 4.90 Å². The fraction of sp³-hybridized carbons (Fsp3) is 0.200. The Labute approximate surface area is 161 Å². The average molecular weight is 377 g/mol. The van der Waals surface area contributed by atoms with Gasteiger partial charge in [-0.25, -0.2) is 19.9 Å². The van der Waals surface area contributed by atoms with Gasteiger partial charge in [-0.15, -0.1) is 0 Å². The van der Waals surface area contributed by atoms with Gasteiger partial charge in [-0.2, -0.15) is 0 Å². The molecule has 0 aliphatic carbocycles. The summed E-state index contributed by atoms with van der Waals surface area (Å²) in [7, 11) is 2.01. The Morgan fingerprint density at radius 3 is 2.59 bits per heavy atom. The van der Waals surface area contributed by atoms with Gasteiger partial charge in [-0.1, -0.05) is 23.7 Å². The maximum atomic E-state index is 6.47. The summed E-state index contributed by atoms with van der Waals surface area (Å²) >= 11 is 6.47. The van der Waals surface area contributed by atoms with Crippen LogP contribution in [-0.2, 0) is 7.05 Å². The summed E-state index contributed by atoms with van der Waals surface area (Å²) in [6.45, 7) is 1.70. The second kappa shape index (κ2) is 6.32. The summed E-state index contributed by atoms with van der Waals surface area (Å²) in [6, 6.07) is 11.9. The van der Waals surface area contributed by atoms with Crippen molar-refractivity contribution in [2.75, 3.05) is 18.0 Å². The number of benzene rings is 1. The number of para-hydroxylation sites is 2. The van der Waals surface area contributed by atoms with Crippen molar-refractivity contribution in [3.05, 3.63) is 65.8 Å². The highest BCUT2D eigenvalue weighted by molar-refractivity contribution is 6.33. The minimum absolute atomic E-state index is 0.336. The SMILES string of the molecule is Cn1c(-c2cc(N3CC(c4ncccn4)C3)ncc2Cl)nc2ccccc21. The number of fused-ring (bicyclic) bond motifs is 1. The number of nitrogens with zero attached hydrogens (tertiary/aromatic N) is 6. The quantitative estimate of drug-likeness (QED) is 0.546. The zero-order valence-electron chi connectivity index (χ0n) is 14.7. The van der Waals surface area contributed by atoms with Crippen molar-refractivity contribution < 1.29 is 0 Å². The van der Waals surface area contributed by atoms with Gasteiger partial charge in [0.15, 0.2) is 0 Å². The molecule has 1 fully saturated rings. The number of pyridine rings is 1. The molecule has 4 aromatic rings. The first-order valence-corrected chi connectivity index (χ1v) is 9.18. The predicted molar refractivity (Wildman–Crippen MR) is 106 cm³/mol. The molecule has 0 unspecified atom stereocenters. The summed E-state index contributed by atoms with van der Waals surface area (Å²) in [6.07, 6.45) is 5.28. The number of hydrogen-bond acceptors (Lipinski definition) is 5. The van der Waals surface area contributed by atoms with Gasteiger partial charge in [0.05, 0.1) is 22.0 Å². The largest absolute Gasteiger partial charge is 0.355 e. The molecule has 0 radical (unpaired) electrons. The smallest absolute Gasteiger partial charge is 0.142 e. The van der Waals surface area contributed by atoms with Gasteiger partial charge >= 0.3 is 0 Å². The Morgan fingerprint density at radius 2 is 1.81 bits per heavy atom. The molecular formula is C20H17ClN6. The Hall–Kier alpha value is -2.99. The molecule has 0 N–H and O–H groups in total. The molecule has 1 aromatic carbocycles. The van der Waals surface area contributed by atoms with E-state index >= 15 is 0 Å². The molecule has 0 spiro atoms. The Balaban J connectivity index is 1.46. The number of halogens is 1. The van der Waals surface area contributed by atoms with Gasteiger partial charge in [0.2, 0.25) is 0 Å². The van der Waals surface area contributed by atoms with Crippen LogP contribution in [0.2, 0.25) is 5.02 Å². The molecule has 4 heterocycles. The molecule has 0 bridgehead atoms. The van der Waals surface area contributed by atoms with Crippen LogP contribution in [0.15, 0.2) is 55.0 Å². The topological polar surface area (TPSA) is 59.7 Å². The lowest BCUT2D eigenvalue weighted by Gasteiger charge is -2.39. The number of rotatable bonds is 3. The lowest BCUT2D eigenvalue weighted by molar-refractivity contribution is 0.496. The molecule has 0 atom stereocenters. The van der Waals surface area contributed by atoms with E-state index in [0.29, 0.717) is 10.9 Å². The van der Waals surface area contributed by atoms with Crippen LogP contribution in [0.25, 0.3) is 22.4 Å². The zero-order valence-corrected chi connectivity index (χ0v) is 15.5. The maximum absolute atomic E-state index is 6.47. The molecular weight excluding hydrogens is 360 g/mol. The van der Waals surface area contributed by atoms with E-state index in [1.807, 2.05) is 37.4 Å². The highest BCUT2D eigenvalue weighted by atomic mass is 35.5. The number of aromatic nitrogens is 5. The van der Waals surface area contributed by atoms with Crippen molar-refractivity contribution in [2.24, 2.45) is 7.05 Å². The molecule has 1 saturated heterocycles. The maximum Gasteiger partial charge on any atom is 0.142 e. The van der Waals surface area contributed by atoms with Crippen molar-refractivity contribution in [1.29, 1.82) is 0 Å². The van der Waals surface area contributed by atoms with Crippen LogP contribution in [0.3, 0.4) is 0 Å². The van der Waals surface area contributed by atoms with E-state index < -0.39 is 0 Å². The third-order valence-electron chi connectivity index (χ3n) is 5.03. The van der Waals surface area contributed by atoms with Crippen molar-refractivity contribution in [3.8, 4) is 11.4 Å². The monoisotopic (exact) mass is 376 g/mol. The summed E-state index contributed by atoms with van der Waals surface area (Å²) in [4.78, 5) is 20.2. The molecule has 27 heavy (non-hydrogen) atoms. The van der Waals surface area contributed by atoms with Crippen molar-refractivity contribution >= 4 is 28.5 Å². The fourth-order valence-electron chi connectivity index (χ4n) is 3.51. The molecule has 5 rings (SSSR count). The zero-order chi connectivity index (χ0) is 18.4. The highest BCUT2D eigenvalue weighted by Gasteiger charge is 2.31. The summed E-state index contributed by atoms with van der Waals surface area (Å²) < 4.78 is 2.07. The lowest BCUT2D eigenvalue weighted by Crippen LogP contribution is -2.46. The second-order valence-corrected chi connectivity index (χ2v) is 7.12. The van der Waals surface area contributed by atoms with Crippen molar-refractivity contribution in [1.82, 2.24) is 24.5 Å². The molecule has 3 aromatic heterocycles. The molecule has 0 saturated carbocycles. The third-order valence-corrected chi connectivity index (χ3v) is 5.33. The van der Waals surface area contributed by atoms with Crippen LogP contribution >= 0.6 is 11.6 Å². The van der Waals surface area contributed by atoms with E-state index in [1.54, 1.807) is 18.6 Å². The van der Waals surface area contributed by atoms with E-state index in [9.17, 15) is 0 Å². The first-order valence-electron chi connectivity index (χ1n) is 8.80. The van der Waals surface area contributed by atoms with Gasteiger partial charge in [-0.05, 0) is 24.3 Å². The molecule has 1 aliphatic heterocycles. The van der Waals surface area contributed by atoms with Crippen molar-refractivity contribution in [2.45, 2.75) is 5.92 Å². The summed E-state index contributed by atoms with van der Waals surface area (Å²) in [5.74, 6) is 2.96. The number of aryl methyl sites for hydroxylation is 1. The van der Waals surface area contributed by atoms with Crippen LogP contribution in [0.1, 0.15) is 11.7 Å². The van der Waals surface area contributed by atoms with E-state index in [2.05, 4.69) is 30.5 Å². The van der Waals surface area contributed by atoms with E-state index in [1.165, 1.54) is 0 Å². The lowest BCUT2D eigenvalue weighted by atomic mass is 9.99. The molecule has 1 aliphatic rings. The minimum Gasteiger partial charge on any atom is -0.355 e.